The lowest BCUT2D eigenvalue weighted by molar-refractivity contribution is -0.122. The van der Waals surface area contributed by atoms with Crippen LogP contribution in [0.4, 0.5) is 4.39 Å². The summed E-state index contributed by atoms with van der Waals surface area (Å²) >= 11 is 0. The number of hydrogen-bond donors (Lipinski definition) is 2. The van der Waals surface area contributed by atoms with Crippen molar-refractivity contribution < 1.29 is 17.6 Å². The van der Waals surface area contributed by atoms with Crippen molar-refractivity contribution in [2.75, 3.05) is 7.05 Å². The summed E-state index contributed by atoms with van der Waals surface area (Å²) in [5, 5.41) is 2.42. The quantitative estimate of drug-likeness (QED) is 0.876. The van der Waals surface area contributed by atoms with Crippen LogP contribution in [0.1, 0.15) is 17.2 Å². The van der Waals surface area contributed by atoms with Crippen molar-refractivity contribution in [2.45, 2.75) is 17.9 Å². The smallest absolute Gasteiger partial charge is 0.242 e. The summed E-state index contributed by atoms with van der Waals surface area (Å²) in [5.41, 5.74) is 0.882. The minimum Gasteiger partial charge on any atom is -0.357 e. The molecule has 0 fully saturated rings. The Kier molecular flexibility index (Phi) is 5.12. The van der Waals surface area contributed by atoms with Crippen molar-refractivity contribution in [1.82, 2.24) is 10.0 Å². The number of likely N-dealkylation sites (N-methyl/N-ethyl adjacent to an activating group) is 1. The first-order valence-corrected chi connectivity index (χ1v) is 8.38. The maximum absolute atomic E-state index is 13.4. The zero-order valence-electron chi connectivity index (χ0n) is 12.7. The normalized spacial score (nSPS) is 12.7. The van der Waals surface area contributed by atoms with Crippen molar-refractivity contribution in [3.05, 3.63) is 65.5 Å². The van der Waals surface area contributed by atoms with Gasteiger partial charge in [0.25, 0.3) is 0 Å². The van der Waals surface area contributed by atoms with Crippen molar-refractivity contribution in [1.29, 1.82) is 0 Å². The van der Waals surface area contributed by atoms with Crippen LogP contribution in [0, 0.1) is 12.7 Å². The number of carbonyl (C=O) groups is 1. The minimum atomic E-state index is -4.07. The number of amides is 1. The molecule has 2 aromatic carbocycles. The summed E-state index contributed by atoms with van der Waals surface area (Å²) in [7, 11) is -2.65. The Morgan fingerprint density at radius 3 is 2.39 bits per heavy atom. The van der Waals surface area contributed by atoms with Crippen LogP contribution < -0.4 is 10.0 Å². The maximum Gasteiger partial charge on any atom is 0.242 e. The minimum absolute atomic E-state index is 0.192. The van der Waals surface area contributed by atoms with Gasteiger partial charge >= 0.3 is 0 Å². The van der Waals surface area contributed by atoms with Crippen molar-refractivity contribution in [2.24, 2.45) is 0 Å². The maximum atomic E-state index is 13.4. The van der Waals surface area contributed by atoms with Crippen LogP contribution in [0.2, 0.25) is 0 Å². The molecule has 0 aliphatic rings. The zero-order valence-corrected chi connectivity index (χ0v) is 13.5. The van der Waals surface area contributed by atoms with Gasteiger partial charge in [0, 0.05) is 7.05 Å². The fourth-order valence-electron chi connectivity index (χ4n) is 2.14. The van der Waals surface area contributed by atoms with Crippen LogP contribution in [-0.4, -0.2) is 21.4 Å². The molecule has 0 bridgehead atoms. The fourth-order valence-corrected chi connectivity index (χ4v) is 3.58. The molecular formula is C16H17FN2O3S. The van der Waals surface area contributed by atoms with E-state index in [9.17, 15) is 17.6 Å². The number of rotatable bonds is 5. The second-order valence-electron chi connectivity index (χ2n) is 4.99. The van der Waals surface area contributed by atoms with Crippen LogP contribution in [0.15, 0.2) is 53.4 Å². The van der Waals surface area contributed by atoms with Gasteiger partial charge in [-0.25, -0.2) is 12.8 Å². The average molecular weight is 336 g/mol. The van der Waals surface area contributed by atoms with Crippen LogP contribution >= 0.6 is 0 Å². The third-order valence-corrected chi connectivity index (χ3v) is 4.92. The van der Waals surface area contributed by atoms with Crippen molar-refractivity contribution in [3.63, 3.8) is 0 Å². The first kappa shape index (κ1) is 17.1. The molecule has 0 aliphatic carbocycles. The highest BCUT2D eigenvalue weighted by atomic mass is 32.2. The van der Waals surface area contributed by atoms with Crippen molar-refractivity contribution >= 4 is 15.9 Å². The fraction of sp³-hybridized carbons (Fsp3) is 0.188. The molecule has 2 rings (SSSR count). The summed E-state index contributed by atoms with van der Waals surface area (Å²) < 4.78 is 40.8. The molecule has 0 aromatic heterocycles. The number of nitrogens with one attached hydrogen (secondary N) is 2. The molecule has 0 spiro atoms. The van der Waals surface area contributed by atoms with E-state index in [1.54, 1.807) is 37.3 Å². The lowest BCUT2D eigenvalue weighted by Gasteiger charge is -2.18. The second kappa shape index (κ2) is 6.89. The van der Waals surface area contributed by atoms with E-state index in [0.717, 1.165) is 6.07 Å². The van der Waals surface area contributed by atoms with E-state index in [1.807, 2.05) is 0 Å². The summed E-state index contributed by atoms with van der Waals surface area (Å²) in [6.07, 6.45) is 0. The van der Waals surface area contributed by atoms with Gasteiger partial charge in [-0.1, -0.05) is 36.4 Å². The molecule has 5 nitrogen and oxygen atoms in total. The van der Waals surface area contributed by atoms with E-state index < -0.39 is 27.8 Å². The summed E-state index contributed by atoms with van der Waals surface area (Å²) in [4.78, 5) is 11.9. The predicted octanol–water partition coefficient (Wildman–Crippen LogP) is 1.90. The summed E-state index contributed by atoms with van der Waals surface area (Å²) in [6, 6.07) is 10.8. The Labute approximate surface area is 134 Å². The molecule has 0 saturated heterocycles. The Hall–Kier alpha value is -2.25. The SMILES string of the molecule is CNC(=O)[C@@H](NS(=O)(=O)c1cc(F)ccc1C)c1ccccc1. The molecule has 1 atom stereocenters. The van der Waals surface area contributed by atoms with Gasteiger partial charge in [0.1, 0.15) is 11.9 Å². The molecule has 7 heteroatoms. The van der Waals surface area contributed by atoms with Crippen LogP contribution in [0.3, 0.4) is 0 Å². The van der Waals surface area contributed by atoms with Crippen LogP contribution in [0.25, 0.3) is 0 Å². The molecule has 0 aliphatic heterocycles. The Morgan fingerprint density at radius 2 is 1.78 bits per heavy atom. The Balaban J connectivity index is 2.43. The second-order valence-corrected chi connectivity index (χ2v) is 6.67. The largest absolute Gasteiger partial charge is 0.357 e. The Morgan fingerprint density at radius 1 is 1.13 bits per heavy atom. The van der Waals surface area contributed by atoms with E-state index in [1.165, 1.54) is 19.2 Å². The van der Waals surface area contributed by atoms with Gasteiger partial charge in [0.15, 0.2) is 0 Å². The number of hydrogen-bond acceptors (Lipinski definition) is 3. The number of aryl methyl sites for hydroxylation is 1. The molecule has 0 heterocycles. The highest BCUT2D eigenvalue weighted by Gasteiger charge is 2.27. The lowest BCUT2D eigenvalue weighted by Crippen LogP contribution is -2.39. The molecule has 0 radical (unpaired) electrons. The Bertz CT molecular complexity index is 807. The van der Waals surface area contributed by atoms with Crippen LogP contribution in [0.5, 0.6) is 0 Å². The third-order valence-electron chi connectivity index (χ3n) is 3.35. The van der Waals surface area contributed by atoms with Gasteiger partial charge < -0.3 is 5.32 Å². The number of sulfonamides is 1. The molecule has 23 heavy (non-hydrogen) atoms. The van der Waals surface area contributed by atoms with Crippen molar-refractivity contribution in [3.8, 4) is 0 Å². The van der Waals surface area contributed by atoms with Gasteiger partial charge in [-0.15, -0.1) is 0 Å². The highest BCUT2D eigenvalue weighted by Crippen LogP contribution is 2.20. The van der Waals surface area contributed by atoms with Crippen LogP contribution in [-0.2, 0) is 14.8 Å². The first-order chi connectivity index (χ1) is 10.8. The molecule has 1 amide bonds. The molecule has 122 valence electrons. The summed E-state index contributed by atoms with van der Waals surface area (Å²) in [5.74, 6) is -1.17. The topological polar surface area (TPSA) is 75.3 Å². The van der Waals surface area contributed by atoms with Gasteiger partial charge in [0.05, 0.1) is 4.90 Å². The standard InChI is InChI=1S/C16H17FN2O3S/c1-11-8-9-13(17)10-14(11)23(21,22)19-15(16(20)18-2)12-6-4-3-5-7-12/h3-10,15,19H,1-2H3,(H,18,20)/t15-/m0/s1. The lowest BCUT2D eigenvalue weighted by atomic mass is 10.1. The van der Waals surface area contributed by atoms with E-state index in [-0.39, 0.29) is 4.90 Å². The zero-order chi connectivity index (χ0) is 17.0. The van der Waals surface area contributed by atoms with E-state index in [2.05, 4.69) is 10.0 Å². The molecule has 2 N–H and O–H groups in total. The molecular weight excluding hydrogens is 319 g/mol. The van der Waals surface area contributed by atoms with Gasteiger partial charge in [-0.05, 0) is 30.2 Å². The molecule has 2 aromatic rings. The van der Waals surface area contributed by atoms with E-state index in [0.29, 0.717) is 11.1 Å². The predicted molar refractivity (Wildman–Crippen MR) is 84.7 cm³/mol. The van der Waals surface area contributed by atoms with Gasteiger partial charge in [-0.2, -0.15) is 4.72 Å². The number of carbonyl (C=O) groups excluding carboxylic acids is 1. The van der Waals surface area contributed by atoms with Gasteiger partial charge in [0.2, 0.25) is 15.9 Å². The first-order valence-electron chi connectivity index (χ1n) is 6.90. The average Bonchev–Trinajstić information content (AvgIpc) is 2.55. The van der Waals surface area contributed by atoms with Gasteiger partial charge in [-0.3, -0.25) is 4.79 Å². The van der Waals surface area contributed by atoms with E-state index >= 15 is 0 Å². The number of benzene rings is 2. The number of halogens is 1. The molecule has 0 saturated carbocycles. The molecule has 0 unspecified atom stereocenters. The highest BCUT2D eigenvalue weighted by molar-refractivity contribution is 7.89. The third kappa shape index (κ3) is 3.94. The summed E-state index contributed by atoms with van der Waals surface area (Å²) in [6.45, 7) is 1.56. The van der Waals surface area contributed by atoms with E-state index in [4.69, 9.17) is 0 Å². The monoisotopic (exact) mass is 336 g/mol.